The number of carbonyl (C=O) groups is 2. The molecule has 5 saturated heterocycles. The Labute approximate surface area is 366 Å². The maximum atomic E-state index is 14.6. The predicted molar refractivity (Wildman–Crippen MR) is 222 cm³/mol. The van der Waals surface area contributed by atoms with Crippen LogP contribution in [-0.2, 0) is 47.5 Å². The highest BCUT2D eigenvalue weighted by Crippen LogP contribution is 2.56. The van der Waals surface area contributed by atoms with Crippen molar-refractivity contribution in [3.05, 3.63) is 11.6 Å². The van der Waals surface area contributed by atoms with Gasteiger partial charge in [-0.2, -0.15) is 0 Å². The van der Waals surface area contributed by atoms with Crippen LogP contribution < -0.4 is 0 Å². The van der Waals surface area contributed by atoms with E-state index in [2.05, 4.69) is 6.92 Å². The maximum Gasteiger partial charge on any atom is 0.311 e. The highest BCUT2D eigenvalue weighted by Gasteiger charge is 2.71. The molecule has 0 bridgehead atoms. The summed E-state index contributed by atoms with van der Waals surface area (Å²) in [7, 11) is 2.97. The summed E-state index contributed by atoms with van der Waals surface area (Å²) < 4.78 is 50.6. The number of ether oxygens (including phenoxy) is 8. The van der Waals surface area contributed by atoms with E-state index >= 15 is 0 Å². The number of aliphatic carboxylic acids is 1. The third-order valence-corrected chi connectivity index (χ3v) is 16.1. The second kappa shape index (κ2) is 16.6. The normalized spacial score (nSPS) is 52.1. The molecule has 6 N–H and O–H groups in total. The number of rotatable bonds is 11. The highest BCUT2D eigenvalue weighted by molar-refractivity contribution is 5.84. The molecule has 0 aliphatic carbocycles. The first kappa shape index (κ1) is 49.8. The van der Waals surface area contributed by atoms with Crippen molar-refractivity contribution in [2.75, 3.05) is 14.2 Å². The van der Waals surface area contributed by atoms with E-state index < -0.39 is 112 Å². The minimum absolute atomic E-state index is 0.00348. The molecule has 0 amide bonds. The van der Waals surface area contributed by atoms with Crippen molar-refractivity contribution in [3.63, 3.8) is 0 Å². The molecule has 0 spiro atoms. The minimum atomic E-state index is -2.62. The van der Waals surface area contributed by atoms with Gasteiger partial charge in [-0.15, -0.1) is 0 Å². The van der Waals surface area contributed by atoms with E-state index in [0.717, 1.165) is 0 Å². The number of fused-ring (bicyclic) bond motifs is 1. The Balaban J connectivity index is 1.24. The van der Waals surface area contributed by atoms with Crippen molar-refractivity contribution in [3.8, 4) is 0 Å². The zero-order valence-electron chi connectivity index (χ0n) is 39.4. The number of carbonyl (C=O) groups excluding carboxylic acids is 1. The molecule has 0 saturated carbocycles. The van der Waals surface area contributed by atoms with Gasteiger partial charge in [0.25, 0.3) is 5.79 Å². The van der Waals surface area contributed by atoms with Crippen LogP contribution >= 0.6 is 0 Å². The lowest BCUT2D eigenvalue weighted by molar-refractivity contribution is -0.446. The molecule has 6 aliphatic heterocycles. The molecule has 0 aromatic heterocycles. The van der Waals surface area contributed by atoms with E-state index in [1.807, 2.05) is 47.6 Å². The average molecular weight is 885 g/mol. The summed E-state index contributed by atoms with van der Waals surface area (Å²) in [4.78, 5) is 26.7. The van der Waals surface area contributed by atoms with Crippen LogP contribution in [0.4, 0.5) is 0 Å². The first-order valence-electron chi connectivity index (χ1n) is 22.6. The van der Waals surface area contributed by atoms with Gasteiger partial charge in [0.05, 0.1) is 53.9 Å². The molecule has 6 aliphatic rings. The lowest BCUT2D eigenvalue weighted by Crippen LogP contribution is -2.73. The van der Waals surface area contributed by atoms with E-state index in [4.69, 9.17) is 37.9 Å². The summed E-state index contributed by atoms with van der Waals surface area (Å²) >= 11 is 0. The molecular weight excluding hydrogens is 808 g/mol. The summed E-state index contributed by atoms with van der Waals surface area (Å²) in [6.07, 6.45) is -2.41. The van der Waals surface area contributed by atoms with Gasteiger partial charge in [0.1, 0.15) is 23.4 Å². The number of methoxy groups -OCH3 is 2. The molecule has 0 aromatic rings. The van der Waals surface area contributed by atoms with Crippen LogP contribution in [-0.4, -0.2) is 145 Å². The zero-order chi connectivity index (χ0) is 46.7. The number of hydrogen-bond donors (Lipinski definition) is 6. The van der Waals surface area contributed by atoms with Crippen molar-refractivity contribution < 1.29 is 78.1 Å². The van der Waals surface area contributed by atoms with Crippen LogP contribution in [0.1, 0.15) is 116 Å². The Kier molecular flexibility index (Phi) is 13.3. The van der Waals surface area contributed by atoms with E-state index in [1.165, 1.54) is 21.0 Å². The number of ketones is 1. The highest BCUT2D eigenvalue weighted by atomic mass is 16.7. The third kappa shape index (κ3) is 7.75. The average Bonchev–Trinajstić information content (AvgIpc) is 3.78. The fraction of sp³-hybridized carbons (Fsp3) is 0.913. The van der Waals surface area contributed by atoms with Crippen LogP contribution in [0.3, 0.4) is 0 Å². The summed E-state index contributed by atoms with van der Waals surface area (Å²) in [6.45, 7) is 22.6. The standard InChI is InChI=1S/C46H76O16/c1-21-18-29-20-40(9,10)62-46(54,31-16-17-41(11,58-31)37-22(2)19-30(57-37)36-25(5)35(55-14)27(7)43(13,51)59-36)45(29,53)60-33(21)23(3)32(47)24(4)34-26(6)38(56-15)42(12,50)44(52,61-34)28(8)39(48)49/h18,21-28,30-31,33-38,50-54H,16-17,19-20H2,1-15H3,(H,48,49). The van der Waals surface area contributed by atoms with Crippen molar-refractivity contribution in [2.24, 2.45) is 47.3 Å². The Morgan fingerprint density at radius 2 is 1.44 bits per heavy atom. The SMILES string of the molecule is COC1C(C)C(C2CC(C)C(C3(C)CCC(C4(O)OC(C)(C)CC5=CC(C)C(C(C)C(=O)C(C)C6OC(O)(C(C)C(=O)O)C(C)(O)C(OC)C6C)OC54O)O3)O2)OC(C)(O)C1C. The monoisotopic (exact) mass is 885 g/mol. The summed E-state index contributed by atoms with van der Waals surface area (Å²) in [5, 5.41) is 70.0. The molecule has 0 aromatic carbocycles. The molecule has 16 heteroatoms. The molecule has 6 heterocycles. The molecular formula is C46H76O16. The quantitative estimate of drug-likeness (QED) is 0.163. The van der Waals surface area contributed by atoms with E-state index in [1.54, 1.807) is 34.8 Å². The lowest BCUT2D eigenvalue weighted by Gasteiger charge is -2.58. The second-order valence-corrected chi connectivity index (χ2v) is 21.2. The first-order valence-corrected chi connectivity index (χ1v) is 22.6. The molecule has 16 nitrogen and oxygen atoms in total. The number of aliphatic hydroxyl groups is 5. The van der Waals surface area contributed by atoms with Crippen LogP contribution in [0, 0.1) is 47.3 Å². The van der Waals surface area contributed by atoms with Crippen LogP contribution in [0.2, 0.25) is 0 Å². The van der Waals surface area contributed by atoms with Crippen LogP contribution in [0.25, 0.3) is 0 Å². The molecule has 5 fully saturated rings. The van der Waals surface area contributed by atoms with Gasteiger partial charge in [0.15, 0.2) is 5.79 Å². The van der Waals surface area contributed by atoms with Crippen LogP contribution in [0.15, 0.2) is 11.6 Å². The second-order valence-electron chi connectivity index (χ2n) is 21.2. The number of carboxylic acid groups (broad SMARTS) is 1. The fourth-order valence-corrected chi connectivity index (χ4v) is 12.4. The largest absolute Gasteiger partial charge is 0.481 e. The smallest absolute Gasteiger partial charge is 0.311 e. The Morgan fingerprint density at radius 1 is 0.823 bits per heavy atom. The van der Waals surface area contributed by atoms with E-state index in [-0.39, 0.29) is 48.6 Å². The molecule has 0 radical (unpaired) electrons. The van der Waals surface area contributed by atoms with Crippen molar-refractivity contribution in [1.82, 2.24) is 0 Å². The number of Topliss-reactive ketones (excluding diaryl/α,β-unsaturated/α-hetero) is 1. The topological polar surface area (TPSA) is 229 Å². The van der Waals surface area contributed by atoms with Gasteiger partial charge < -0.3 is 68.5 Å². The summed E-state index contributed by atoms with van der Waals surface area (Å²) in [5.41, 5.74) is -3.65. The molecule has 356 valence electrons. The van der Waals surface area contributed by atoms with Gasteiger partial charge in [-0.3, -0.25) is 9.59 Å². The summed E-state index contributed by atoms with van der Waals surface area (Å²) in [6, 6.07) is 0. The van der Waals surface area contributed by atoms with Gasteiger partial charge in [0, 0.05) is 56.1 Å². The maximum absolute atomic E-state index is 14.6. The zero-order valence-corrected chi connectivity index (χ0v) is 39.4. The third-order valence-electron chi connectivity index (χ3n) is 16.1. The van der Waals surface area contributed by atoms with E-state index in [9.17, 15) is 40.2 Å². The van der Waals surface area contributed by atoms with Gasteiger partial charge in [-0.05, 0) is 72.3 Å². The molecule has 6 rings (SSSR count). The van der Waals surface area contributed by atoms with Gasteiger partial charge in [0.2, 0.25) is 11.6 Å². The van der Waals surface area contributed by atoms with E-state index in [0.29, 0.717) is 18.4 Å². The Morgan fingerprint density at radius 3 is 2.02 bits per heavy atom. The summed E-state index contributed by atoms with van der Waals surface area (Å²) in [5.74, 6) is -15.7. The van der Waals surface area contributed by atoms with Crippen molar-refractivity contribution in [1.29, 1.82) is 0 Å². The fourth-order valence-electron chi connectivity index (χ4n) is 12.4. The lowest BCUT2D eigenvalue weighted by atomic mass is 9.69. The minimum Gasteiger partial charge on any atom is -0.481 e. The Bertz CT molecular complexity index is 1720. The van der Waals surface area contributed by atoms with Crippen LogP contribution in [0.5, 0.6) is 0 Å². The Hall–Kier alpha value is -1.64. The number of carboxylic acids is 1. The molecule has 62 heavy (non-hydrogen) atoms. The van der Waals surface area contributed by atoms with Crippen molar-refractivity contribution in [2.45, 2.75) is 204 Å². The first-order chi connectivity index (χ1) is 28.4. The van der Waals surface area contributed by atoms with Gasteiger partial charge in [-0.25, -0.2) is 0 Å². The molecule has 22 atom stereocenters. The van der Waals surface area contributed by atoms with Gasteiger partial charge in [-0.1, -0.05) is 54.5 Å². The predicted octanol–water partition coefficient (Wildman–Crippen LogP) is 3.70. The van der Waals surface area contributed by atoms with Crippen molar-refractivity contribution >= 4 is 11.8 Å². The molecule has 22 unspecified atom stereocenters. The van der Waals surface area contributed by atoms with Gasteiger partial charge >= 0.3 is 5.97 Å². The number of hydrogen-bond acceptors (Lipinski definition) is 15.